The van der Waals surface area contributed by atoms with Crippen molar-refractivity contribution in [3.8, 4) is 268 Å². The number of benzene rings is 3. The van der Waals surface area contributed by atoms with Crippen LogP contribution < -0.4 is 15.5 Å². The van der Waals surface area contributed by atoms with Gasteiger partial charge in [0.1, 0.15) is 11.8 Å². The largest absolute Gasteiger partial charge is 2.00 e. The Morgan fingerprint density at radius 3 is 1.31 bits per heavy atom. The van der Waals surface area contributed by atoms with Crippen molar-refractivity contribution in [3.63, 3.8) is 0 Å². The summed E-state index contributed by atoms with van der Waals surface area (Å²) >= 11 is 0. The Hall–Kier alpha value is -17.4. The number of esters is 1. The first-order valence-corrected chi connectivity index (χ1v) is 38.9. The predicted octanol–water partition coefficient (Wildman–Crippen LogP) is 21.1. The molecular formula is C111H162N10O6Zn2+2. The van der Waals surface area contributed by atoms with E-state index in [1.54, 1.807) is 24.8 Å². The van der Waals surface area contributed by atoms with Gasteiger partial charge in [0.15, 0.2) is 0 Å². The second-order valence-electron chi connectivity index (χ2n) is 27.5. The maximum Gasteiger partial charge on any atom is 2.00 e. The van der Waals surface area contributed by atoms with E-state index in [9.17, 15) is 19.5 Å². The molecule has 0 saturated carbocycles. The first kappa shape index (κ1) is 100. The van der Waals surface area contributed by atoms with Crippen molar-refractivity contribution in [1.29, 1.82) is 0 Å². The number of anilines is 1. The van der Waals surface area contributed by atoms with Crippen LogP contribution in [0.5, 0.6) is 5.75 Å². The van der Waals surface area contributed by atoms with Crippen molar-refractivity contribution in [2.45, 2.75) is 116 Å². The first-order chi connectivity index (χ1) is 61.6. The number of nitrogens with one attached hydrogen (secondary N) is 2. The van der Waals surface area contributed by atoms with Gasteiger partial charge in [-0.2, -0.15) is 0 Å². The molecule has 0 saturated heterocycles. The molecule has 18 heteroatoms. The molecule has 1 atom stereocenters. The number of terminal acetylenes is 2. The van der Waals surface area contributed by atoms with Crippen LogP contribution in [0, 0.1) is 262 Å². The van der Waals surface area contributed by atoms with Gasteiger partial charge in [-0.1, -0.05) is 98.8 Å². The molecule has 9 rings (SSSR count). The van der Waals surface area contributed by atoms with Crippen molar-refractivity contribution in [2.24, 2.45) is 0 Å². The van der Waals surface area contributed by atoms with Crippen LogP contribution >= 0.6 is 0 Å². The minimum atomic E-state index is -1.13. The molecule has 16 nitrogen and oxygen atoms in total. The molecule has 6 heterocycles. The van der Waals surface area contributed by atoms with E-state index in [0.29, 0.717) is 42.9 Å². The number of hydrogen-bond acceptors (Lipinski definition) is 13. The van der Waals surface area contributed by atoms with Crippen LogP contribution in [0.4, 0.5) is 11.4 Å². The van der Waals surface area contributed by atoms with Gasteiger partial charge < -0.3 is 26.0 Å². The van der Waals surface area contributed by atoms with Crippen LogP contribution in [0.2, 0.25) is 0 Å². The van der Waals surface area contributed by atoms with E-state index < -0.39 is 28.7 Å². The summed E-state index contributed by atoms with van der Waals surface area (Å²) in [5.74, 6) is 101. The van der Waals surface area contributed by atoms with Crippen LogP contribution in [0.15, 0.2) is 188 Å². The Bertz CT molecular complexity index is 6980. The van der Waals surface area contributed by atoms with E-state index in [4.69, 9.17) is 17.6 Å². The Labute approximate surface area is 848 Å². The Morgan fingerprint density at radius 2 is 0.891 bits per heavy atom. The normalized spacial score (nSPS) is 11.1. The van der Waals surface area contributed by atoms with Crippen LogP contribution in [0.1, 0.15) is 166 Å². The third-order valence-corrected chi connectivity index (χ3v) is 18.1. The zero-order valence-electron chi connectivity index (χ0n) is 71.4. The van der Waals surface area contributed by atoms with Crippen molar-refractivity contribution < 1.29 is 136 Å². The minimum absolute atomic E-state index is 0. The third-order valence-electron chi connectivity index (χ3n) is 18.1. The number of rotatable bonds is 25. The molecule has 2 aliphatic heterocycles. The van der Waals surface area contributed by atoms with E-state index in [1.165, 1.54) is 7.11 Å². The number of nitrogens with zero attached hydrogens (tertiary/aromatic N) is 8. The molecule has 2 amide bonds. The second kappa shape index (κ2) is 56.3. The molecule has 129 heavy (non-hydrogen) atoms. The van der Waals surface area contributed by atoms with Crippen LogP contribution in [0.25, 0.3) is 0 Å². The van der Waals surface area contributed by atoms with Gasteiger partial charge in [-0.25, -0.2) is 4.79 Å². The number of hydrogen-bond donors (Lipinski definition) is 3. The van der Waals surface area contributed by atoms with Gasteiger partial charge in [-0.15, -0.1) is 17.4 Å². The number of methoxy groups -OCH3 is 1. The molecule has 0 spiro atoms. The van der Waals surface area contributed by atoms with E-state index in [1.807, 2.05) is 161 Å². The smallest absolute Gasteiger partial charge is 0.870 e. The van der Waals surface area contributed by atoms with Crippen LogP contribution in [0.3, 0.4) is 0 Å². The number of allylic oxidation sites excluding steroid dienone is 6. The molecule has 0 fully saturated rings. The molecule has 4 N–H and O–H groups in total. The molecule has 3 aromatic carbocycles. The molecule has 2 aliphatic rings. The number of aromatic nitrogens is 4. The number of aromatic hydroxyl groups is 1. The maximum absolute atomic E-state index is 14.0. The monoisotopic (exact) mass is 1860 g/mol. The summed E-state index contributed by atoms with van der Waals surface area (Å²) in [7, 11) is 1.27. The summed E-state index contributed by atoms with van der Waals surface area (Å²) in [6.45, 7) is 10.9. The fourth-order valence-electron chi connectivity index (χ4n) is 12.6. The van der Waals surface area contributed by atoms with Gasteiger partial charge in [-0.05, 0) is 192 Å². The van der Waals surface area contributed by atoms with Gasteiger partial charge in [-0.3, -0.25) is 44.2 Å². The topological polar surface area (TPSA) is 199 Å². The fraction of sp³-hybridized carbons (Fsp3) is 0.171. The number of carbonyl (C=O) groups excluding carboxylic acids is 3. The van der Waals surface area contributed by atoms with E-state index in [2.05, 4.69) is 323 Å². The van der Waals surface area contributed by atoms with Crippen molar-refractivity contribution in [3.05, 3.63) is 244 Å². The van der Waals surface area contributed by atoms with E-state index in [-0.39, 0.29) is 164 Å². The summed E-state index contributed by atoms with van der Waals surface area (Å²) in [6, 6.07) is 46.0. The maximum atomic E-state index is 14.0. The van der Waals surface area contributed by atoms with Gasteiger partial charge in [0.05, 0.1) is 46.9 Å². The second-order valence-corrected chi connectivity index (χ2v) is 27.5. The van der Waals surface area contributed by atoms with Gasteiger partial charge in [0, 0.05) is 354 Å². The van der Waals surface area contributed by atoms with Crippen LogP contribution in [-0.2, 0) is 121 Å². The van der Waals surface area contributed by atoms with Crippen molar-refractivity contribution >= 4 is 34.9 Å². The number of pyridine rings is 4. The first-order valence-electron chi connectivity index (χ1n) is 38.9. The molecular weight excluding hydrogens is 1700 g/mol. The number of ether oxygens (including phenoxy) is 1. The van der Waals surface area contributed by atoms with Gasteiger partial charge in [0.25, 0.3) is 0 Å². The summed E-state index contributed by atoms with van der Waals surface area (Å²) < 4.78 is 7.25. The Morgan fingerprint density at radius 1 is 0.488 bits per heavy atom. The Kier molecular flexibility index (Phi) is 43.8. The SMILES string of the molecule is C#CC#CC#CC#CC#CC#CC#CC#CC#CC#CC#CN1/C(=C/C=C/C=C/C2=[N+](C#CC#CC#CC#CC#CC#CC#CC#CC#CC#CC#C)c3ccccc3C2(C)C)C(C)(C)c2cc(CNC(=O)CCCC(=O)N[C@@H](Cc3cc(CN(Cc4ccccn4)Cc4ccccn4)c(O)c(CN(Cc4ccccn4)Cc4ccccn4)c3)C(=O)OC)ccc21.[HH].[HH].[HH].[HH].[HH].[HH].[HH].[HH].[HH].[HH].[HH].[HH].[HH].[HH].[HH].[HH].[HH].[HH].[HH].[HH].[HH].[HH].[HH].[HH].[HH].[HH].[HH].[HH].[HH].[HH].[HH].[HH].[HH].[HH].[HH].[HH].[HH].[HH].[HH].[HH].[HH].[HH].[HH].[HH].[OH-].[Zn+2].[Zn]. The summed E-state index contributed by atoms with van der Waals surface area (Å²) in [5.41, 5.74) is 10.4. The summed E-state index contributed by atoms with van der Waals surface area (Å²) in [4.78, 5) is 66.1. The van der Waals surface area contributed by atoms with Crippen LogP contribution in [-0.4, -0.2) is 81.5 Å². The molecule has 4 aromatic heterocycles. The van der Waals surface area contributed by atoms with Crippen molar-refractivity contribution in [1.82, 2.24) is 40.4 Å². The predicted molar refractivity (Wildman–Crippen MR) is 585 cm³/mol. The number of fused-ring (bicyclic) bond motifs is 2. The number of phenols is 1. The minimum Gasteiger partial charge on any atom is -0.870 e. The average molecular weight is 1860 g/mol. The standard InChI is InChI=1S/C111H72N10O5.H2O.2Zn.44H2/c1-8-10-12-14-16-18-20-22-24-26-28-30-32-34-36-38-40-42-44-59-78-120-102-67-50-49-66-99(102)110(3,4)104(120)68-47-46-48-69-105-111(5,6)100-82-91(72-73-103(100)121(105)79-60-45-43-41-39-37-35-33-31-29-27-25-23-21-19-17-15-13-11-9-2)84-116-106(122)70-61-71-107(123)117-101(109(125)126-7)83-92-80-93(85-118(87-95-62-51-55-74-112-95)88-96-63-52-56-75-113-96)108(124)94(81-92)86-119(89-97-64-53-57-76-114-97)90-98-65-54-58-77-115-98;;;;;;;;;;;;;;;;;;;;;;;;;;;;;;;;;;;;;;;;;;;;;;;/h1-2,46-58,62-69,72-77,80-82,101H,61,70-71,83-90H2,3-7H3,(H2-,116,117,122,123,124);1H2;;;44*1H/q;;;+2;;;;;;;;;;;;;;;;;;;;;;;;;;;;;;;;;;;;;;;;;;;;/t101-;;;;;;;;;;;;;;;;;;;;;;;;;;;;;;;;;;;;;;;;;;;;;;;/m0.............................................../s1. The fourth-order valence-corrected chi connectivity index (χ4v) is 12.6. The zero-order chi connectivity index (χ0) is 88.9. The summed E-state index contributed by atoms with van der Waals surface area (Å²) in [6.07, 6.45) is 27.1. The van der Waals surface area contributed by atoms with Gasteiger partial charge in [0.2, 0.25) is 29.3 Å². The van der Waals surface area contributed by atoms with E-state index >= 15 is 0 Å². The molecule has 0 aliphatic carbocycles. The van der Waals surface area contributed by atoms with Crippen molar-refractivity contribution in [2.75, 3.05) is 12.0 Å². The Balaban J connectivity index is -0.000000103. The molecule has 0 unspecified atom stereocenters. The number of carbonyl (C=O) groups is 3. The number of phenolic OH excluding ortho intramolecular Hbond substituents is 1. The quantitative estimate of drug-likeness (QED) is 0.0161. The molecule has 0 bridgehead atoms. The number of amides is 2. The number of para-hydroxylation sites is 1. The molecule has 7 aromatic rings. The molecule has 694 valence electrons. The molecule has 0 radical (unpaired) electrons. The van der Waals surface area contributed by atoms with E-state index in [0.717, 1.165) is 62.2 Å². The van der Waals surface area contributed by atoms with Gasteiger partial charge >= 0.3 is 25.4 Å². The summed E-state index contributed by atoms with van der Waals surface area (Å²) in [5, 5.41) is 18.4. The third kappa shape index (κ3) is 34.1. The average Bonchev–Trinajstić information content (AvgIpc) is 1.58. The zero-order valence-corrected chi connectivity index (χ0v) is 77.3.